The van der Waals surface area contributed by atoms with Gasteiger partial charge in [0.2, 0.25) is 0 Å². The van der Waals surface area contributed by atoms with Crippen molar-refractivity contribution >= 4 is 6.03 Å². The van der Waals surface area contributed by atoms with Gasteiger partial charge in [-0.2, -0.15) is 0 Å². The zero-order valence-corrected chi connectivity index (χ0v) is 11.9. The van der Waals surface area contributed by atoms with Gasteiger partial charge in [0.25, 0.3) is 0 Å². The SMILES string of the molecule is C[C@@H](CO)NC(=O)NCc1ccc(-c2cccnc2)cc1. The molecule has 0 saturated heterocycles. The highest BCUT2D eigenvalue weighted by molar-refractivity contribution is 5.74. The Morgan fingerprint density at radius 1 is 1.24 bits per heavy atom. The van der Waals surface area contributed by atoms with E-state index in [4.69, 9.17) is 5.11 Å². The van der Waals surface area contributed by atoms with E-state index in [9.17, 15) is 4.79 Å². The van der Waals surface area contributed by atoms with E-state index < -0.39 is 0 Å². The number of carbonyl (C=O) groups is 1. The van der Waals surface area contributed by atoms with Crippen LogP contribution in [-0.4, -0.2) is 28.8 Å². The van der Waals surface area contributed by atoms with E-state index in [1.54, 1.807) is 13.1 Å². The van der Waals surface area contributed by atoms with Gasteiger partial charge in [-0.3, -0.25) is 4.98 Å². The number of aliphatic hydroxyl groups excluding tert-OH is 1. The molecule has 0 saturated carbocycles. The monoisotopic (exact) mass is 285 g/mol. The van der Waals surface area contributed by atoms with E-state index in [1.165, 1.54) is 0 Å². The molecular weight excluding hydrogens is 266 g/mol. The molecule has 2 amide bonds. The van der Waals surface area contributed by atoms with E-state index in [0.29, 0.717) is 6.54 Å². The fraction of sp³-hybridized carbons (Fsp3) is 0.250. The Balaban J connectivity index is 1.90. The summed E-state index contributed by atoms with van der Waals surface area (Å²) >= 11 is 0. The standard InChI is InChI=1S/C16H19N3O2/c1-12(11-20)19-16(21)18-9-13-4-6-14(7-5-13)15-3-2-8-17-10-15/h2-8,10,12,20H,9,11H2,1H3,(H2,18,19,21)/t12-/m0/s1. The summed E-state index contributed by atoms with van der Waals surface area (Å²) in [6.45, 7) is 2.10. The first-order valence-electron chi connectivity index (χ1n) is 6.83. The predicted octanol–water partition coefficient (Wildman–Crippen LogP) is 1.93. The van der Waals surface area contributed by atoms with Crippen molar-refractivity contribution in [3.8, 4) is 11.1 Å². The zero-order chi connectivity index (χ0) is 15.1. The number of hydrogen-bond acceptors (Lipinski definition) is 3. The van der Waals surface area contributed by atoms with E-state index in [-0.39, 0.29) is 18.7 Å². The van der Waals surface area contributed by atoms with Gasteiger partial charge in [-0.25, -0.2) is 4.79 Å². The number of aromatic nitrogens is 1. The molecule has 1 aromatic heterocycles. The second-order valence-electron chi connectivity index (χ2n) is 4.85. The molecule has 1 heterocycles. The molecule has 0 spiro atoms. The number of rotatable bonds is 5. The van der Waals surface area contributed by atoms with Gasteiger partial charge in [0.15, 0.2) is 0 Å². The summed E-state index contributed by atoms with van der Waals surface area (Å²) in [7, 11) is 0. The van der Waals surface area contributed by atoms with Crippen molar-refractivity contribution in [2.75, 3.05) is 6.61 Å². The number of aliphatic hydroxyl groups is 1. The third-order valence-corrected chi connectivity index (χ3v) is 3.05. The van der Waals surface area contributed by atoms with Gasteiger partial charge >= 0.3 is 6.03 Å². The lowest BCUT2D eigenvalue weighted by Crippen LogP contribution is -2.41. The number of nitrogens with zero attached hydrogens (tertiary/aromatic N) is 1. The van der Waals surface area contributed by atoms with Crippen LogP contribution in [0.5, 0.6) is 0 Å². The first-order chi connectivity index (χ1) is 10.2. The Morgan fingerprint density at radius 2 is 2.00 bits per heavy atom. The van der Waals surface area contributed by atoms with E-state index in [2.05, 4.69) is 15.6 Å². The van der Waals surface area contributed by atoms with E-state index in [0.717, 1.165) is 16.7 Å². The van der Waals surface area contributed by atoms with E-state index in [1.807, 2.05) is 42.6 Å². The Bertz CT molecular complexity index is 570. The van der Waals surface area contributed by atoms with Crippen molar-refractivity contribution in [1.82, 2.24) is 15.6 Å². The number of carbonyl (C=O) groups excluding carboxylic acids is 1. The summed E-state index contributed by atoms with van der Waals surface area (Å²) < 4.78 is 0. The van der Waals surface area contributed by atoms with Crippen LogP contribution >= 0.6 is 0 Å². The maximum absolute atomic E-state index is 11.5. The summed E-state index contributed by atoms with van der Waals surface area (Å²) in [6.07, 6.45) is 3.56. The topological polar surface area (TPSA) is 74.2 Å². The summed E-state index contributed by atoms with van der Waals surface area (Å²) in [6, 6.07) is 11.3. The van der Waals surface area contributed by atoms with Gasteiger partial charge in [-0.15, -0.1) is 0 Å². The maximum Gasteiger partial charge on any atom is 0.315 e. The van der Waals surface area contributed by atoms with Crippen LogP contribution in [-0.2, 0) is 6.54 Å². The summed E-state index contributed by atoms with van der Waals surface area (Å²) in [5.74, 6) is 0. The second kappa shape index (κ2) is 7.40. The van der Waals surface area contributed by atoms with Crippen LogP contribution in [0.15, 0.2) is 48.8 Å². The molecule has 21 heavy (non-hydrogen) atoms. The zero-order valence-electron chi connectivity index (χ0n) is 11.9. The highest BCUT2D eigenvalue weighted by Crippen LogP contribution is 2.18. The van der Waals surface area contributed by atoms with Crippen molar-refractivity contribution in [3.05, 3.63) is 54.4 Å². The molecule has 0 radical (unpaired) electrons. The van der Waals surface area contributed by atoms with Crippen molar-refractivity contribution in [2.45, 2.75) is 19.5 Å². The van der Waals surface area contributed by atoms with Gasteiger partial charge in [0.05, 0.1) is 12.6 Å². The molecule has 0 fully saturated rings. The summed E-state index contributed by atoms with van der Waals surface area (Å²) in [4.78, 5) is 15.6. The molecule has 2 rings (SSSR count). The minimum atomic E-state index is -0.284. The molecule has 3 N–H and O–H groups in total. The fourth-order valence-electron chi connectivity index (χ4n) is 1.85. The smallest absolute Gasteiger partial charge is 0.315 e. The quantitative estimate of drug-likeness (QED) is 0.786. The van der Waals surface area contributed by atoms with Crippen LogP contribution in [0, 0.1) is 0 Å². The van der Waals surface area contributed by atoms with Crippen LogP contribution < -0.4 is 10.6 Å². The molecule has 0 aliphatic carbocycles. The van der Waals surface area contributed by atoms with Crippen molar-refractivity contribution < 1.29 is 9.90 Å². The predicted molar refractivity (Wildman–Crippen MR) is 81.6 cm³/mol. The highest BCUT2D eigenvalue weighted by Gasteiger charge is 2.05. The molecule has 0 aliphatic heterocycles. The first-order valence-corrected chi connectivity index (χ1v) is 6.83. The Kier molecular flexibility index (Phi) is 5.29. The average molecular weight is 285 g/mol. The molecule has 110 valence electrons. The second-order valence-corrected chi connectivity index (χ2v) is 4.85. The third-order valence-electron chi connectivity index (χ3n) is 3.05. The maximum atomic E-state index is 11.5. The van der Waals surface area contributed by atoms with Crippen LogP contribution in [0.2, 0.25) is 0 Å². The Morgan fingerprint density at radius 3 is 2.62 bits per heavy atom. The molecule has 0 aliphatic rings. The Hall–Kier alpha value is -2.40. The Labute approximate surface area is 124 Å². The molecule has 5 heteroatoms. The lowest BCUT2D eigenvalue weighted by molar-refractivity contribution is 0.220. The van der Waals surface area contributed by atoms with Crippen LogP contribution in [0.25, 0.3) is 11.1 Å². The van der Waals surface area contributed by atoms with Gasteiger partial charge in [0, 0.05) is 18.9 Å². The summed E-state index contributed by atoms with van der Waals surface area (Å²) in [5, 5.41) is 14.2. The van der Waals surface area contributed by atoms with Crippen LogP contribution in [0.4, 0.5) is 4.79 Å². The van der Waals surface area contributed by atoms with Crippen LogP contribution in [0.1, 0.15) is 12.5 Å². The van der Waals surface area contributed by atoms with Crippen LogP contribution in [0.3, 0.4) is 0 Å². The van der Waals surface area contributed by atoms with E-state index >= 15 is 0 Å². The number of hydrogen-bond donors (Lipinski definition) is 3. The van der Waals surface area contributed by atoms with Crippen molar-refractivity contribution in [3.63, 3.8) is 0 Å². The molecule has 1 atom stereocenters. The van der Waals surface area contributed by atoms with Crippen molar-refractivity contribution in [1.29, 1.82) is 0 Å². The minimum Gasteiger partial charge on any atom is -0.394 e. The third kappa shape index (κ3) is 4.57. The molecule has 0 unspecified atom stereocenters. The minimum absolute atomic E-state index is 0.0762. The molecular formula is C16H19N3O2. The lowest BCUT2D eigenvalue weighted by atomic mass is 10.1. The number of nitrogens with one attached hydrogen (secondary N) is 2. The van der Waals surface area contributed by atoms with Crippen molar-refractivity contribution in [2.24, 2.45) is 0 Å². The molecule has 5 nitrogen and oxygen atoms in total. The van der Waals surface area contributed by atoms with Gasteiger partial charge in [0.1, 0.15) is 0 Å². The number of amides is 2. The number of benzene rings is 1. The largest absolute Gasteiger partial charge is 0.394 e. The first kappa shape index (κ1) is 15.0. The normalized spacial score (nSPS) is 11.7. The molecule has 0 bridgehead atoms. The number of pyridine rings is 1. The van der Waals surface area contributed by atoms with Gasteiger partial charge in [-0.05, 0) is 29.7 Å². The molecule has 2 aromatic rings. The van der Waals surface area contributed by atoms with Gasteiger partial charge in [-0.1, -0.05) is 30.3 Å². The fourth-order valence-corrected chi connectivity index (χ4v) is 1.85. The molecule has 1 aromatic carbocycles. The van der Waals surface area contributed by atoms with Gasteiger partial charge < -0.3 is 15.7 Å². The summed E-state index contributed by atoms with van der Waals surface area (Å²) in [5.41, 5.74) is 3.16. The highest BCUT2D eigenvalue weighted by atomic mass is 16.3. The lowest BCUT2D eigenvalue weighted by Gasteiger charge is -2.12. The average Bonchev–Trinajstić information content (AvgIpc) is 2.54. The number of urea groups is 1.